The third kappa shape index (κ3) is 2.34. The van der Waals surface area contributed by atoms with E-state index in [-0.39, 0.29) is 6.54 Å². The Labute approximate surface area is 72.7 Å². The molecule has 1 N–H and O–H groups in total. The first-order valence-corrected chi connectivity index (χ1v) is 4.19. The molecule has 0 aromatic carbocycles. The van der Waals surface area contributed by atoms with Gasteiger partial charge >= 0.3 is 5.97 Å². The van der Waals surface area contributed by atoms with Crippen LogP contribution in [0.3, 0.4) is 0 Å². The van der Waals surface area contributed by atoms with Crippen LogP contribution in [0.1, 0.15) is 13.3 Å². The first-order valence-electron chi connectivity index (χ1n) is 4.19. The Balaban J connectivity index is 2.35. The molecule has 1 atom stereocenters. The van der Waals surface area contributed by atoms with Gasteiger partial charge in [0.25, 0.3) is 0 Å². The standard InChI is InChI=1S/C9H15NO2/c1-7(2)8-3-4-10(5-8)6-9(11)12/h8H,1,3-6H2,2H3,(H,11,12). The number of likely N-dealkylation sites (tertiary alicyclic amines) is 1. The monoisotopic (exact) mass is 169 g/mol. The van der Waals surface area contributed by atoms with E-state index in [9.17, 15) is 4.79 Å². The fourth-order valence-corrected chi connectivity index (χ4v) is 1.57. The number of hydrogen-bond donors (Lipinski definition) is 1. The van der Waals surface area contributed by atoms with Crippen molar-refractivity contribution in [2.75, 3.05) is 19.6 Å². The van der Waals surface area contributed by atoms with Crippen molar-refractivity contribution in [2.45, 2.75) is 13.3 Å². The number of nitrogens with zero attached hydrogens (tertiary/aromatic N) is 1. The number of hydrogen-bond acceptors (Lipinski definition) is 2. The maximum absolute atomic E-state index is 10.4. The Morgan fingerprint density at radius 3 is 2.83 bits per heavy atom. The molecule has 68 valence electrons. The largest absolute Gasteiger partial charge is 0.480 e. The van der Waals surface area contributed by atoms with Crippen LogP contribution < -0.4 is 0 Å². The zero-order valence-corrected chi connectivity index (χ0v) is 7.42. The Hall–Kier alpha value is -0.830. The first-order chi connectivity index (χ1) is 5.59. The molecule has 0 spiro atoms. The Bertz CT molecular complexity index is 201. The van der Waals surface area contributed by atoms with Crippen LogP contribution >= 0.6 is 0 Å². The van der Waals surface area contributed by atoms with Gasteiger partial charge in [-0.1, -0.05) is 12.2 Å². The van der Waals surface area contributed by atoms with Crippen LogP contribution in [0.5, 0.6) is 0 Å². The van der Waals surface area contributed by atoms with E-state index in [0.717, 1.165) is 19.5 Å². The van der Waals surface area contributed by atoms with Crippen molar-refractivity contribution in [3.8, 4) is 0 Å². The molecule has 1 saturated heterocycles. The van der Waals surface area contributed by atoms with Crippen LogP contribution in [0.2, 0.25) is 0 Å². The van der Waals surface area contributed by atoms with E-state index < -0.39 is 5.97 Å². The molecule has 1 aliphatic heterocycles. The Kier molecular flexibility index (Phi) is 2.87. The molecule has 3 nitrogen and oxygen atoms in total. The van der Waals surface area contributed by atoms with Crippen LogP contribution in [0.15, 0.2) is 12.2 Å². The second kappa shape index (κ2) is 3.72. The molecule has 0 aromatic heterocycles. The van der Waals surface area contributed by atoms with Gasteiger partial charge in [0.2, 0.25) is 0 Å². The molecule has 1 rings (SSSR count). The highest BCUT2D eigenvalue weighted by molar-refractivity contribution is 5.69. The zero-order valence-electron chi connectivity index (χ0n) is 7.42. The van der Waals surface area contributed by atoms with Gasteiger partial charge in [0, 0.05) is 6.54 Å². The summed E-state index contributed by atoms with van der Waals surface area (Å²) in [5.41, 5.74) is 1.17. The molecule has 0 aromatic rings. The fourth-order valence-electron chi connectivity index (χ4n) is 1.57. The van der Waals surface area contributed by atoms with Gasteiger partial charge in [0.05, 0.1) is 6.54 Å². The van der Waals surface area contributed by atoms with E-state index in [1.165, 1.54) is 5.57 Å². The van der Waals surface area contributed by atoms with Gasteiger partial charge in [-0.15, -0.1) is 0 Å². The summed E-state index contributed by atoms with van der Waals surface area (Å²) in [5, 5.41) is 8.53. The molecule has 1 aliphatic rings. The molecular formula is C9H15NO2. The summed E-state index contributed by atoms with van der Waals surface area (Å²) < 4.78 is 0. The van der Waals surface area contributed by atoms with Crippen LogP contribution in [-0.4, -0.2) is 35.6 Å². The summed E-state index contributed by atoms with van der Waals surface area (Å²) in [6.45, 7) is 7.81. The molecule has 0 saturated carbocycles. The Morgan fingerprint density at radius 1 is 1.75 bits per heavy atom. The van der Waals surface area contributed by atoms with E-state index in [2.05, 4.69) is 6.58 Å². The molecule has 3 heteroatoms. The number of rotatable bonds is 3. The Morgan fingerprint density at radius 2 is 2.42 bits per heavy atom. The van der Waals surface area contributed by atoms with Crippen molar-refractivity contribution in [1.82, 2.24) is 4.90 Å². The summed E-state index contributed by atoms with van der Waals surface area (Å²) in [4.78, 5) is 12.3. The van der Waals surface area contributed by atoms with Crippen LogP contribution in [-0.2, 0) is 4.79 Å². The molecule has 0 amide bonds. The third-order valence-electron chi connectivity index (χ3n) is 2.33. The molecule has 0 aliphatic carbocycles. The lowest BCUT2D eigenvalue weighted by atomic mass is 10.0. The first kappa shape index (κ1) is 9.26. The summed E-state index contributed by atoms with van der Waals surface area (Å²) in [7, 11) is 0. The summed E-state index contributed by atoms with van der Waals surface area (Å²) >= 11 is 0. The van der Waals surface area contributed by atoms with Gasteiger partial charge in [0.15, 0.2) is 0 Å². The molecule has 1 unspecified atom stereocenters. The number of aliphatic carboxylic acids is 1. The van der Waals surface area contributed by atoms with E-state index >= 15 is 0 Å². The fraction of sp³-hybridized carbons (Fsp3) is 0.667. The van der Waals surface area contributed by atoms with E-state index in [1.54, 1.807) is 0 Å². The van der Waals surface area contributed by atoms with Gasteiger partial charge < -0.3 is 5.11 Å². The smallest absolute Gasteiger partial charge is 0.317 e. The van der Waals surface area contributed by atoms with Gasteiger partial charge in [-0.25, -0.2) is 0 Å². The third-order valence-corrected chi connectivity index (χ3v) is 2.33. The zero-order chi connectivity index (χ0) is 9.14. The van der Waals surface area contributed by atoms with Crippen LogP contribution in [0, 0.1) is 5.92 Å². The molecule has 1 heterocycles. The SMILES string of the molecule is C=C(C)C1CCN(CC(=O)O)C1. The lowest BCUT2D eigenvalue weighted by Gasteiger charge is -2.12. The summed E-state index contributed by atoms with van der Waals surface area (Å²) in [6, 6.07) is 0. The molecule has 0 radical (unpaired) electrons. The second-order valence-corrected chi connectivity index (χ2v) is 3.46. The molecular weight excluding hydrogens is 154 g/mol. The van der Waals surface area contributed by atoms with Crippen molar-refractivity contribution in [3.63, 3.8) is 0 Å². The van der Waals surface area contributed by atoms with E-state index in [1.807, 2.05) is 11.8 Å². The minimum atomic E-state index is -0.739. The number of carboxylic acid groups (broad SMARTS) is 1. The highest BCUT2D eigenvalue weighted by atomic mass is 16.4. The van der Waals surface area contributed by atoms with E-state index in [4.69, 9.17) is 5.11 Å². The van der Waals surface area contributed by atoms with Gasteiger partial charge in [-0.2, -0.15) is 0 Å². The highest BCUT2D eigenvalue weighted by Crippen LogP contribution is 2.21. The maximum atomic E-state index is 10.4. The quantitative estimate of drug-likeness (QED) is 0.640. The van der Waals surface area contributed by atoms with Crippen molar-refractivity contribution in [1.29, 1.82) is 0 Å². The van der Waals surface area contributed by atoms with Crippen molar-refractivity contribution < 1.29 is 9.90 Å². The number of carboxylic acids is 1. The van der Waals surface area contributed by atoms with Gasteiger partial charge in [-0.3, -0.25) is 9.69 Å². The van der Waals surface area contributed by atoms with Crippen molar-refractivity contribution in [2.24, 2.45) is 5.92 Å². The summed E-state index contributed by atoms with van der Waals surface area (Å²) in [6.07, 6.45) is 1.06. The van der Waals surface area contributed by atoms with Crippen molar-refractivity contribution >= 4 is 5.97 Å². The lowest BCUT2D eigenvalue weighted by molar-refractivity contribution is -0.138. The number of carbonyl (C=O) groups is 1. The lowest BCUT2D eigenvalue weighted by Crippen LogP contribution is -2.27. The highest BCUT2D eigenvalue weighted by Gasteiger charge is 2.23. The maximum Gasteiger partial charge on any atom is 0.317 e. The average molecular weight is 169 g/mol. The second-order valence-electron chi connectivity index (χ2n) is 3.46. The minimum Gasteiger partial charge on any atom is -0.480 e. The molecule has 12 heavy (non-hydrogen) atoms. The van der Waals surface area contributed by atoms with E-state index in [0.29, 0.717) is 5.92 Å². The van der Waals surface area contributed by atoms with Crippen LogP contribution in [0.4, 0.5) is 0 Å². The topological polar surface area (TPSA) is 40.5 Å². The summed E-state index contributed by atoms with van der Waals surface area (Å²) in [5.74, 6) is -0.235. The molecule has 0 bridgehead atoms. The van der Waals surface area contributed by atoms with Gasteiger partial charge in [-0.05, 0) is 25.8 Å². The average Bonchev–Trinajstić information content (AvgIpc) is 2.34. The predicted octanol–water partition coefficient (Wildman–Crippen LogP) is 0.969. The normalized spacial score (nSPS) is 24.2. The van der Waals surface area contributed by atoms with Gasteiger partial charge in [0.1, 0.15) is 0 Å². The predicted molar refractivity (Wildman–Crippen MR) is 47.0 cm³/mol. The minimum absolute atomic E-state index is 0.170. The molecule has 1 fully saturated rings. The van der Waals surface area contributed by atoms with Crippen LogP contribution in [0.25, 0.3) is 0 Å². The van der Waals surface area contributed by atoms with Crippen molar-refractivity contribution in [3.05, 3.63) is 12.2 Å².